The van der Waals surface area contributed by atoms with Crippen molar-refractivity contribution < 1.29 is 8.81 Å². The highest BCUT2D eigenvalue weighted by molar-refractivity contribution is 7.15. The number of benzene rings is 1. The first kappa shape index (κ1) is 12.9. The third-order valence-corrected chi connectivity index (χ3v) is 4.07. The van der Waals surface area contributed by atoms with Crippen LogP contribution >= 0.6 is 11.3 Å². The molecule has 0 saturated heterocycles. The lowest BCUT2D eigenvalue weighted by Gasteiger charge is -1.92. The molecule has 22 heavy (non-hydrogen) atoms. The third kappa shape index (κ3) is 2.03. The molecule has 0 unspecified atom stereocenters. The lowest BCUT2D eigenvalue weighted by molar-refractivity contribution is 0.577. The molecular formula is C15H8FN3O2S. The topological polar surface area (TPSA) is 60.4 Å². The summed E-state index contributed by atoms with van der Waals surface area (Å²) in [7, 11) is 0. The number of thiazole rings is 1. The highest BCUT2D eigenvalue weighted by Crippen LogP contribution is 2.16. The number of hydrogen-bond acceptors (Lipinski definition) is 5. The van der Waals surface area contributed by atoms with E-state index < -0.39 is 0 Å². The average molecular weight is 313 g/mol. The van der Waals surface area contributed by atoms with E-state index in [0.29, 0.717) is 26.6 Å². The summed E-state index contributed by atoms with van der Waals surface area (Å²) in [5, 5.41) is 4.14. The number of rotatable bonds is 2. The van der Waals surface area contributed by atoms with Crippen LogP contribution in [-0.2, 0) is 0 Å². The summed E-state index contributed by atoms with van der Waals surface area (Å²) in [4.78, 5) is 17.0. The molecule has 0 N–H and O–H groups in total. The summed E-state index contributed by atoms with van der Waals surface area (Å²) in [6.45, 7) is 0. The molecule has 0 amide bonds. The lowest BCUT2D eigenvalue weighted by atomic mass is 10.2. The Hall–Kier alpha value is -2.80. The summed E-state index contributed by atoms with van der Waals surface area (Å²) < 4.78 is 20.5. The Balaban J connectivity index is 1.88. The van der Waals surface area contributed by atoms with Gasteiger partial charge in [0.2, 0.25) is 10.8 Å². The molecule has 0 aliphatic carbocycles. The first-order valence-corrected chi connectivity index (χ1v) is 7.24. The molecular weight excluding hydrogens is 305 g/mol. The minimum absolute atomic E-state index is 0.325. The fourth-order valence-electron chi connectivity index (χ4n) is 2.08. The molecule has 0 aliphatic rings. The monoisotopic (exact) mass is 313 g/mol. The van der Waals surface area contributed by atoms with Gasteiger partial charge in [-0.25, -0.2) is 4.39 Å². The van der Waals surface area contributed by atoms with Gasteiger partial charge >= 0.3 is 0 Å². The minimum Gasteiger partial charge on any atom is -0.461 e. The van der Waals surface area contributed by atoms with Gasteiger partial charge in [0, 0.05) is 5.56 Å². The molecule has 108 valence electrons. The first-order valence-electron chi connectivity index (χ1n) is 6.42. The fourth-order valence-corrected chi connectivity index (χ4v) is 2.98. The van der Waals surface area contributed by atoms with Gasteiger partial charge in [0.1, 0.15) is 5.82 Å². The van der Waals surface area contributed by atoms with E-state index in [9.17, 15) is 9.18 Å². The molecule has 0 atom stereocenters. The maximum absolute atomic E-state index is 13.7. The van der Waals surface area contributed by atoms with Crippen molar-refractivity contribution in [3.63, 3.8) is 0 Å². The van der Waals surface area contributed by atoms with Crippen molar-refractivity contribution in [2.45, 2.75) is 0 Å². The Labute approximate surface area is 127 Å². The van der Waals surface area contributed by atoms with Gasteiger partial charge in [-0.15, -0.1) is 5.10 Å². The predicted molar refractivity (Wildman–Crippen MR) is 80.0 cm³/mol. The van der Waals surface area contributed by atoms with Crippen molar-refractivity contribution in [1.82, 2.24) is 14.6 Å². The second-order valence-corrected chi connectivity index (χ2v) is 5.55. The summed E-state index contributed by atoms with van der Waals surface area (Å²) in [6, 6.07) is 9.71. The average Bonchev–Trinajstić information content (AvgIpc) is 3.20. The van der Waals surface area contributed by atoms with Crippen LogP contribution in [0.15, 0.2) is 51.9 Å². The fraction of sp³-hybridized carbons (Fsp3) is 0. The van der Waals surface area contributed by atoms with Crippen molar-refractivity contribution in [2.75, 3.05) is 0 Å². The van der Waals surface area contributed by atoms with Crippen molar-refractivity contribution in [1.29, 1.82) is 0 Å². The van der Waals surface area contributed by atoms with Gasteiger partial charge in [-0.3, -0.25) is 4.79 Å². The van der Waals surface area contributed by atoms with Crippen LogP contribution in [0.5, 0.6) is 0 Å². The maximum Gasteiger partial charge on any atom is 0.291 e. The van der Waals surface area contributed by atoms with Crippen LogP contribution in [0.25, 0.3) is 22.6 Å². The molecule has 0 spiro atoms. The standard InChI is InChI=1S/C15H8FN3O2S/c16-10-5-2-1-4-9(10)8-12-14(20)19-15(22-12)17-13(18-19)11-6-3-7-21-11/h1-8H. The third-order valence-electron chi connectivity index (χ3n) is 3.12. The van der Waals surface area contributed by atoms with E-state index in [1.807, 2.05) is 0 Å². The number of halogens is 1. The molecule has 0 radical (unpaired) electrons. The second kappa shape index (κ2) is 4.88. The summed E-state index contributed by atoms with van der Waals surface area (Å²) in [5.74, 6) is 0.470. The zero-order chi connectivity index (χ0) is 15.1. The van der Waals surface area contributed by atoms with Crippen LogP contribution in [0.2, 0.25) is 0 Å². The number of nitrogens with zero attached hydrogens (tertiary/aromatic N) is 3. The van der Waals surface area contributed by atoms with E-state index in [1.54, 1.807) is 30.3 Å². The molecule has 4 rings (SSSR count). The van der Waals surface area contributed by atoms with Crippen molar-refractivity contribution in [2.24, 2.45) is 0 Å². The predicted octanol–water partition coefficient (Wildman–Crippen LogP) is 2.10. The van der Waals surface area contributed by atoms with E-state index in [4.69, 9.17) is 4.42 Å². The normalized spacial score (nSPS) is 12.3. The van der Waals surface area contributed by atoms with Crippen LogP contribution in [0.3, 0.4) is 0 Å². The van der Waals surface area contributed by atoms with Gasteiger partial charge < -0.3 is 4.42 Å². The zero-order valence-electron chi connectivity index (χ0n) is 11.1. The van der Waals surface area contributed by atoms with E-state index in [-0.39, 0.29) is 11.4 Å². The molecule has 7 heteroatoms. The summed E-state index contributed by atoms with van der Waals surface area (Å²) >= 11 is 1.16. The molecule has 1 aromatic carbocycles. The first-order chi connectivity index (χ1) is 10.7. The molecule has 0 aliphatic heterocycles. The Kier molecular flexibility index (Phi) is 2.87. The van der Waals surface area contributed by atoms with Crippen molar-refractivity contribution in [3.8, 4) is 11.6 Å². The van der Waals surface area contributed by atoms with E-state index in [2.05, 4.69) is 10.1 Å². The molecule has 4 aromatic rings. The van der Waals surface area contributed by atoms with Crippen LogP contribution in [-0.4, -0.2) is 14.6 Å². The second-order valence-electron chi connectivity index (χ2n) is 4.54. The van der Waals surface area contributed by atoms with Gasteiger partial charge in [0.25, 0.3) is 5.56 Å². The molecule has 0 bridgehead atoms. The number of hydrogen-bond donors (Lipinski definition) is 0. The molecule has 3 aromatic heterocycles. The largest absolute Gasteiger partial charge is 0.461 e. The maximum atomic E-state index is 13.7. The number of aromatic nitrogens is 3. The van der Waals surface area contributed by atoms with Crippen molar-refractivity contribution >= 4 is 22.4 Å². The van der Waals surface area contributed by atoms with Crippen LogP contribution < -0.4 is 10.1 Å². The van der Waals surface area contributed by atoms with Gasteiger partial charge in [0.15, 0.2) is 5.76 Å². The molecule has 3 heterocycles. The smallest absolute Gasteiger partial charge is 0.291 e. The van der Waals surface area contributed by atoms with Crippen LogP contribution in [0, 0.1) is 5.82 Å². The Morgan fingerprint density at radius 3 is 2.82 bits per heavy atom. The Morgan fingerprint density at radius 1 is 1.23 bits per heavy atom. The Morgan fingerprint density at radius 2 is 2.09 bits per heavy atom. The van der Waals surface area contributed by atoms with Gasteiger partial charge in [-0.05, 0) is 24.3 Å². The highest BCUT2D eigenvalue weighted by atomic mass is 32.1. The van der Waals surface area contributed by atoms with E-state index >= 15 is 0 Å². The van der Waals surface area contributed by atoms with E-state index in [1.165, 1.54) is 22.9 Å². The van der Waals surface area contributed by atoms with E-state index in [0.717, 1.165) is 11.3 Å². The molecule has 0 fully saturated rings. The number of fused-ring (bicyclic) bond motifs is 1. The van der Waals surface area contributed by atoms with Crippen molar-refractivity contribution in [3.05, 3.63) is 68.9 Å². The van der Waals surface area contributed by atoms with Crippen LogP contribution in [0.1, 0.15) is 5.56 Å². The molecule has 5 nitrogen and oxygen atoms in total. The SMILES string of the molecule is O=c1c(=Cc2ccccc2F)sc2nc(-c3ccco3)nn12. The van der Waals surface area contributed by atoms with Gasteiger partial charge in [-0.2, -0.15) is 9.50 Å². The summed E-state index contributed by atoms with van der Waals surface area (Å²) in [5.41, 5.74) is 0.0314. The van der Waals surface area contributed by atoms with Crippen LogP contribution in [0.4, 0.5) is 4.39 Å². The zero-order valence-corrected chi connectivity index (χ0v) is 11.9. The van der Waals surface area contributed by atoms with Gasteiger partial charge in [-0.1, -0.05) is 29.5 Å². The number of furan rings is 1. The van der Waals surface area contributed by atoms with Gasteiger partial charge in [0.05, 0.1) is 10.8 Å². The lowest BCUT2D eigenvalue weighted by Crippen LogP contribution is -2.23. The molecule has 0 saturated carbocycles. The highest BCUT2D eigenvalue weighted by Gasteiger charge is 2.13. The quantitative estimate of drug-likeness (QED) is 0.568. The minimum atomic E-state index is -0.378. The Bertz CT molecular complexity index is 1070. The summed E-state index contributed by atoms with van der Waals surface area (Å²) in [6.07, 6.45) is 3.02.